The van der Waals surface area contributed by atoms with E-state index in [0.29, 0.717) is 35.7 Å². The van der Waals surface area contributed by atoms with Crippen molar-refractivity contribution in [3.63, 3.8) is 0 Å². The second kappa shape index (κ2) is 6.61. The largest absolute Gasteiger partial charge is 0.475 e. The Labute approximate surface area is 151 Å². The molecule has 0 radical (unpaired) electrons. The maximum absolute atomic E-state index is 12.4. The number of hydrogen-bond donors (Lipinski definition) is 1. The van der Waals surface area contributed by atoms with Crippen molar-refractivity contribution in [1.82, 2.24) is 9.97 Å². The van der Waals surface area contributed by atoms with Gasteiger partial charge in [0.15, 0.2) is 0 Å². The van der Waals surface area contributed by atoms with Gasteiger partial charge in [0.2, 0.25) is 5.88 Å². The number of fused-ring (bicyclic) bond motifs is 1. The first-order chi connectivity index (χ1) is 12.7. The predicted octanol–water partition coefficient (Wildman–Crippen LogP) is 2.20. The summed E-state index contributed by atoms with van der Waals surface area (Å²) >= 11 is 0. The average Bonchev–Trinajstić information content (AvgIpc) is 3.41. The van der Waals surface area contributed by atoms with Gasteiger partial charge in [-0.15, -0.1) is 0 Å². The summed E-state index contributed by atoms with van der Waals surface area (Å²) in [6.45, 7) is 2.60. The zero-order valence-electron chi connectivity index (χ0n) is 14.9. The van der Waals surface area contributed by atoms with Gasteiger partial charge in [-0.25, -0.2) is 4.98 Å². The van der Waals surface area contributed by atoms with E-state index in [4.69, 9.17) is 9.47 Å². The lowest BCUT2D eigenvalue weighted by Crippen LogP contribution is -2.36. The van der Waals surface area contributed by atoms with Gasteiger partial charge in [-0.1, -0.05) is 0 Å². The van der Waals surface area contributed by atoms with E-state index >= 15 is 0 Å². The fraction of sp³-hybridized carbons (Fsp3) is 0.526. The molecule has 1 N–H and O–H groups in total. The molecule has 26 heavy (non-hydrogen) atoms. The molecule has 1 saturated heterocycles. The van der Waals surface area contributed by atoms with Gasteiger partial charge in [-0.2, -0.15) is 5.26 Å². The number of methoxy groups -OCH3 is 1. The van der Waals surface area contributed by atoms with Crippen LogP contribution in [0.5, 0.6) is 5.88 Å². The summed E-state index contributed by atoms with van der Waals surface area (Å²) in [5.41, 5.74) is 1.65. The highest BCUT2D eigenvalue weighted by Gasteiger charge is 2.44. The van der Waals surface area contributed by atoms with E-state index in [2.05, 4.69) is 20.9 Å². The Balaban J connectivity index is 1.75. The molecule has 0 amide bonds. The van der Waals surface area contributed by atoms with E-state index in [1.807, 2.05) is 0 Å². The molecule has 2 fully saturated rings. The van der Waals surface area contributed by atoms with Crippen LogP contribution in [0, 0.1) is 16.7 Å². The maximum atomic E-state index is 12.4. The number of H-pyrrole nitrogens is 1. The standard InChI is InChI=1S/C19H22N4O3/c1-25-8-9-26-16-10-13-15(12-21-16)22-18(24)14(11-20)17(13)23-6-4-19(2-3-19)5-7-23/h10,12H,2-9H2,1H3,(H,22,24). The highest BCUT2D eigenvalue weighted by atomic mass is 16.5. The molecule has 0 atom stereocenters. The van der Waals surface area contributed by atoms with E-state index in [1.54, 1.807) is 19.4 Å². The van der Waals surface area contributed by atoms with Gasteiger partial charge in [0.25, 0.3) is 5.56 Å². The van der Waals surface area contributed by atoms with Crippen LogP contribution in [0.3, 0.4) is 0 Å². The molecule has 2 aromatic heterocycles. The number of rotatable bonds is 5. The summed E-state index contributed by atoms with van der Waals surface area (Å²) in [5.74, 6) is 0.461. The molecule has 3 heterocycles. The van der Waals surface area contributed by atoms with Gasteiger partial charge in [0.1, 0.15) is 18.2 Å². The number of nitrogens with one attached hydrogen (secondary N) is 1. The van der Waals surface area contributed by atoms with Gasteiger partial charge in [-0.3, -0.25) is 4.79 Å². The topological polar surface area (TPSA) is 91.2 Å². The molecule has 2 aliphatic rings. The number of nitrogens with zero attached hydrogens (tertiary/aromatic N) is 3. The average molecular weight is 354 g/mol. The number of hydrogen-bond acceptors (Lipinski definition) is 6. The zero-order chi connectivity index (χ0) is 18.1. The van der Waals surface area contributed by atoms with E-state index < -0.39 is 0 Å². The Morgan fingerprint density at radius 2 is 2.08 bits per heavy atom. The minimum Gasteiger partial charge on any atom is -0.475 e. The predicted molar refractivity (Wildman–Crippen MR) is 97.6 cm³/mol. The summed E-state index contributed by atoms with van der Waals surface area (Å²) in [5, 5.41) is 10.4. The van der Waals surface area contributed by atoms with Gasteiger partial charge in [0.05, 0.1) is 24.0 Å². The van der Waals surface area contributed by atoms with Crippen LogP contribution < -0.4 is 15.2 Å². The van der Waals surface area contributed by atoms with Crippen LogP contribution in [0.1, 0.15) is 31.2 Å². The minimum absolute atomic E-state index is 0.165. The SMILES string of the molecule is COCCOc1cc2c(N3CCC4(CC3)CC4)c(C#N)c(=O)[nH]c2cn1. The summed E-state index contributed by atoms with van der Waals surface area (Å²) in [6.07, 6.45) is 6.45. The van der Waals surface area contributed by atoms with Gasteiger partial charge >= 0.3 is 0 Å². The van der Waals surface area contributed by atoms with Crippen LogP contribution in [0.4, 0.5) is 5.69 Å². The number of ether oxygens (including phenoxy) is 2. The quantitative estimate of drug-likeness (QED) is 0.828. The first kappa shape index (κ1) is 16.9. The molecular formula is C19H22N4O3. The monoisotopic (exact) mass is 354 g/mol. The Morgan fingerprint density at radius 1 is 1.31 bits per heavy atom. The molecule has 7 nitrogen and oxygen atoms in total. The molecular weight excluding hydrogens is 332 g/mol. The fourth-order valence-electron chi connectivity index (χ4n) is 3.78. The molecule has 4 rings (SSSR count). The molecule has 0 bridgehead atoms. The van der Waals surface area contributed by atoms with Gasteiger partial charge < -0.3 is 19.4 Å². The van der Waals surface area contributed by atoms with Crippen LogP contribution >= 0.6 is 0 Å². The van der Waals surface area contributed by atoms with Crippen molar-refractivity contribution in [2.75, 3.05) is 38.3 Å². The fourth-order valence-corrected chi connectivity index (χ4v) is 3.78. The van der Waals surface area contributed by atoms with Crippen LogP contribution in [0.25, 0.3) is 10.9 Å². The van der Waals surface area contributed by atoms with E-state index in [-0.39, 0.29) is 11.1 Å². The highest BCUT2D eigenvalue weighted by molar-refractivity contribution is 5.94. The Hall–Kier alpha value is -2.59. The van der Waals surface area contributed by atoms with Crippen molar-refractivity contribution in [3.8, 4) is 11.9 Å². The molecule has 136 valence electrons. The lowest BCUT2D eigenvalue weighted by Gasteiger charge is -2.34. The normalized spacial score (nSPS) is 18.1. The summed E-state index contributed by atoms with van der Waals surface area (Å²) < 4.78 is 10.6. The Morgan fingerprint density at radius 3 is 2.73 bits per heavy atom. The summed E-state index contributed by atoms with van der Waals surface area (Å²) in [4.78, 5) is 21.6. The Kier molecular flexibility index (Phi) is 4.29. The molecule has 0 aromatic carbocycles. The lowest BCUT2D eigenvalue weighted by molar-refractivity contribution is 0.144. The second-order valence-electron chi connectivity index (χ2n) is 7.19. The van der Waals surface area contributed by atoms with Gasteiger partial charge in [0, 0.05) is 31.7 Å². The molecule has 2 aromatic rings. The molecule has 1 spiro atoms. The maximum Gasteiger partial charge on any atom is 0.268 e. The molecule has 1 aliphatic heterocycles. The molecule has 0 unspecified atom stereocenters. The van der Waals surface area contributed by atoms with Crippen molar-refractivity contribution >= 4 is 16.6 Å². The van der Waals surface area contributed by atoms with Crippen LogP contribution in [0.2, 0.25) is 0 Å². The number of anilines is 1. The Bertz CT molecular complexity index is 917. The number of nitriles is 1. The third kappa shape index (κ3) is 3.01. The van der Waals surface area contributed by atoms with Crippen LogP contribution in [0.15, 0.2) is 17.1 Å². The van der Waals surface area contributed by atoms with Crippen molar-refractivity contribution in [1.29, 1.82) is 5.26 Å². The third-order valence-electron chi connectivity index (χ3n) is 5.59. The molecule has 1 aliphatic carbocycles. The number of aromatic nitrogens is 2. The minimum atomic E-state index is -0.364. The smallest absolute Gasteiger partial charge is 0.268 e. The number of aromatic amines is 1. The van der Waals surface area contributed by atoms with Crippen molar-refractivity contribution in [2.24, 2.45) is 5.41 Å². The molecule has 7 heteroatoms. The van der Waals surface area contributed by atoms with Crippen LogP contribution in [-0.4, -0.2) is 43.4 Å². The summed E-state index contributed by atoms with van der Waals surface area (Å²) in [7, 11) is 1.61. The first-order valence-electron chi connectivity index (χ1n) is 8.99. The summed E-state index contributed by atoms with van der Waals surface area (Å²) in [6, 6.07) is 3.90. The number of piperidine rings is 1. The van der Waals surface area contributed by atoms with Crippen molar-refractivity contribution in [3.05, 3.63) is 28.2 Å². The molecule has 1 saturated carbocycles. The van der Waals surface area contributed by atoms with E-state index in [1.165, 1.54) is 12.8 Å². The number of pyridine rings is 2. The second-order valence-corrected chi connectivity index (χ2v) is 7.19. The van der Waals surface area contributed by atoms with Crippen molar-refractivity contribution < 1.29 is 9.47 Å². The lowest BCUT2D eigenvalue weighted by atomic mass is 9.92. The van der Waals surface area contributed by atoms with E-state index in [0.717, 1.165) is 31.3 Å². The zero-order valence-corrected chi connectivity index (χ0v) is 14.9. The van der Waals surface area contributed by atoms with E-state index in [9.17, 15) is 10.1 Å². The first-order valence-corrected chi connectivity index (χ1v) is 8.99. The third-order valence-corrected chi connectivity index (χ3v) is 5.59. The van der Waals surface area contributed by atoms with Crippen molar-refractivity contribution in [2.45, 2.75) is 25.7 Å². The van der Waals surface area contributed by atoms with Crippen LogP contribution in [-0.2, 0) is 4.74 Å². The van der Waals surface area contributed by atoms with Gasteiger partial charge in [-0.05, 0) is 31.1 Å². The highest BCUT2D eigenvalue weighted by Crippen LogP contribution is 2.54.